The number of ketones is 1. The predicted molar refractivity (Wildman–Crippen MR) is 128 cm³/mol. The van der Waals surface area contributed by atoms with E-state index in [1.807, 2.05) is 38.1 Å². The highest BCUT2D eigenvalue weighted by Gasteiger charge is 2.32. The van der Waals surface area contributed by atoms with E-state index in [0.29, 0.717) is 17.2 Å². The number of thiophene rings is 1. The van der Waals surface area contributed by atoms with E-state index >= 15 is 0 Å². The topological polar surface area (TPSA) is 72.8 Å². The molecule has 0 radical (unpaired) electrons. The van der Waals surface area contributed by atoms with Crippen LogP contribution in [0.4, 0.5) is 0 Å². The number of aliphatic hydroxyl groups excluding tert-OH is 1. The van der Waals surface area contributed by atoms with E-state index in [4.69, 9.17) is 9.47 Å². The zero-order valence-electron chi connectivity index (χ0n) is 19.6. The van der Waals surface area contributed by atoms with Crippen LogP contribution in [0, 0.1) is 12.8 Å². The third-order valence-electron chi connectivity index (χ3n) is 5.43. The molecule has 5 nitrogen and oxygen atoms in total. The maximum atomic E-state index is 13.0. The number of Topliss-reactive ketones (excluding diaryl/α,β-unsaturated/α-hetero) is 1. The fraction of sp³-hybridized carbons (Fsp3) is 0.500. The molecule has 0 aliphatic carbocycles. The van der Waals surface area contributed by atoms with Crippen molar-refractivity contribution in [3.8, 4) is 5.75 Å². The highest BCUT2D eigenvalue weighted by molar-refractivity contribution is 7.14. The van der Waals surface area contributed by atoms with Gasteiger partial charge in [0, 0.05) is 25.8 Å². The first-order valence-corrected chi connectivity index (χ1v) is 15.1. The number of ether oxygens (including phenoxy) is 2. The average molecular weight is 463 g/mol. The van der Waals surface area contributed by atoms with Gasteiger partial charge in [-0.15, -0.1) is 11.3 Å². The van der Waals surface area contributed by atoms with Crippen LogP contribution in [0.15, 0.2) is 24.3 Å². The number of hydrogen-bond donors (Lipinski definition) is 1. The normalized spacial score (nSPS) is 13.5. The Morgan fingerprint density at radius 2 is 1.87 bits per heavy atom. The second-order valence-corrected chi connectivity index (χ2v) is 15.9. The lowest BCUT2D eigenvalue weighted by Crippen LogP contribution is -2.26. The summed E-state index contributed by atoms with van der Waals surface area (Å²) in [6.07, 6.45) is 0. The summed E-state index contributed by atoms with van der Waals surface area (Å²) in [5, 5.41) is 9.74. The van der Waals surface area contributed by atoms with Gasteiger partial charge in [0.2, 0.25) is 0 Å². The monoisotopic (exact) mass is 462 g/mol. The van der Waals surface area contributed by atoms with Crippen LogP contribution in [0.25, 0.3) is 0 Å². The number of benzene rings is 1. The quantitative estimate of drug-likeness (QED) is 0.290. The molecule has 1 heterocycles. The van der Waals surface area contributed by atoms with Gasteiger partial charge in [0.25, 0.3) is 0 Å². The molecule has 2 aromatic rings. The van der Waals surface area contributed by atoms with Crippen LogP contribution in [0.3, 0.4) is 0 Å². The van der Waals surface area contributed by atoms with Crippen LogP contribution in [0.5, 0.6) is 5.75 Å². The number of aliphatic hydroxyl groups is 1. The summed E-state index contributed by atoms with van der Waals surface area (Å²) in [7, 11) is 0.228. The van der Waals surface area contributed by atoms with Crippen molar-refractivity contribution in [3.63, 3.8) is 0 Å². The van der Waals surface area contributed by atoms with Crippen molar-refractivity contribution in [2.24, 2.45) is 5.92 Å². The van der Waals surface area contributed by atoms with Crippen molar-refractivity contribution in [2.75, 3.05) is 13.7 Å². The smallest absolute Gasteiger partial charge is 0.309 e. The van der Waals surface area contributed by atoms with Gasteiger partial charge in [-0.3, -0.25) is 9.59 Å². The van der Waals surface area contributed by atoms with E-state index in [0.717, 1.165) is 27.6 Å². The molecule has 1 N–H and O–H groups in total. The fourth-order valence-electron chi connectivity index (χ4n) is 3.42. The minimum atomic E-state index is -1.31. The first-order valence-electron chi connectivity index (χ1n) is 10.5. The van der Waals surface area contributed by atoms with Gasteiger partial charge >= 0.3 is 5.97 Å². The largest absolute Gasteiger partial charge is 0.495 e. The van der Waals surface area contributed by atoms with E-state index in [9.17, 15) is 14.7 Å². The van der Waals surface area contributed by atoms with E-state index in [2.05, 4.69) is 19.6 Å². The molecule has 0 saturated carbocycles. The molecule has 0 saturated heterocycles. The fourth-order valence-corrected chi connectivity index (χ4v) is 5.39. The van der Waals surface area contributed by atoms with Crippen molar-refractivity contribution in [1.82, 2.24) is 0 Å². The molecule has 0 spiro atoms. The second-order valence-electron chi connectivity index (χ2n) is 9.19. The standard InChI is InChI=1S/C24H34O5SSi/c1-15-8-9-18(12-19(15)14-25)22(16(2)24(27)29-10-11-31(5,6)7)21-13-20(28-4)23(30-21)17(3)26/h8-9,12-13,16,22,25H,10-11,14H2,1-7H3/t16-,22+/m1/s1. The molecular formula is C24H34O5SSi. The van der Waals surface area contributed by atoms with Crippen LogP contribution >= 0.6 is 11.3 Å². The number of carbonyl (C=O) groups is 2. The van der Waals surface area contributed by atoms with E-state index in [1.54, 1.807) is 0 Å². The summed E-state index contributed by atoms with van der Waals surface area (Å²) in [5.41, 5.74) is 2.71. The van der Waals surface area contributed by atoms with E-state index in [-0.39, 0.29) is 24.3 Å². The van der Waals surface area contributed by atoms with Crippen LogP contribution in [-0.4, -0.2) is 38.6 Å². The molecular weight excluding hydrogens is 428 g/mol. The molecule has 170 valence electrons. The van der Waals surface area contributed by atoms with E-state index in [1.165, 1.54) is 25.4 Å². The lowest BCUT2D eigenvalue weighted by atomic mass is 9.84. The maximum Gasteiger partial charge on any atom is 0.309 e. The third kappa shape index (κ3) is 6.51. The first kappa shape index (κ1) is 25.3. The molecule has 2 atom stereocenters. The second kappa shape index (κ2) is 10.6. The van der Waals surface area contributed by atoms with Gasteiger partial charge in [0.05, 0.1) is 26.2 Å². The molecule has 0 aliphatic heterocycles. The summed E-state index contributed by atoms with van der Waals surface area (Å²) in [6.45, 7) is 12.4. The lowest BCUT2D eigenvalue weighted by Gasteiger charge is -2.24. The number of esters is 1. The van der Waals surface area contributed by atoms with Gasteiger partial charge in [-0.2, -0.15) is 0 Å². The Morgan fingerprint density at radius 3 is 2.39 bits per heavy atom. The number of carbonyl (C=O) groups excluding carboxylic acids is 2. The zero-order valence-corrected chi connectivity index (χ0v) is 21.4. The molecule has 1 aromatic heterocycles. The van der Waals surface area contributed by atoms with Gasteiger partial charge in [-0.25, -0.2) is 0 Å². The third-order valence-corrected chi connectivity index (χ3v) is 8.44. The van der Waals surface area contributed by atoms with Crippen LogP contribution in [0.2, 0.25) is 25.7 Å². The van der Waals surface area contributed by atoms with Crippen molar-refractivity contribution < 1.29 is 24.2 Å². The molecule has 2 rings (SSSR count). The summed E-state index contributed by atoms with van der Waals surface area (Å²) < 4.78 is 11.1. The number of aryl methyl sites for hydroxylation is 1. The van der Waals surface area contributed by atoms with Crippen LogP contribution in [-0.2, 0) is 16.1 Å². The molecule has 1 aromatic carbocycles. The number of methoxy groups -OCH3 is 1. The van der Waals surface area contributed by atoms with Gasteiger partial charge in [0.15, 0.2) is 5.78 Å². The number of hydrogen-bond acceptors (Lipinski definition) is 6. The van der Waals surface area contributed by atoms with E-state index < -0.39 is 14.0 Å². The Labute approximate surface area is 190 Å². The highest BCUT2D eigenvalue weighted by Crippen LogP contribution is 2.41. The van der Waals surface area contributed by atoms with Gasteiger partial charge in [0.1, 0.15) is 10.6 Å². The molecule has 31 heavy (non-hydrogen) atoms. The summed E-state index contributed by atoms with van der Waals surface area (Å²) >= 11 is 1.35. The minimum Gasteiger partial charge on any atom is -0.495 e. The summed E-state index contributed by atoms with van der Waals surface area (Å²) in [6, 6.07) is 8.62. The molecule has 0 amide bonds. The maximum absolute atomic E-state index is 13.0. The molecule has 0 unspecified atom stereocenters. The van der Waals surface area contributed by atoms with Crippen molar-refractivity contribution >= 4 is 31.2 Å². The zero-order chi connectivity index (χ0) is 23.3. The first-order chi connectivity index (χ1) is 14.5. The summed E-state index contributed by atoms with van der Waals surface area (Å²) in [5.74, 6) is -0.578. The lowest BCUT2D eigenvalue weighted by molar-refractivity contribution is -0.147. The summed E-state index contributed by atoms with van der Waals surface area (Å²) in [4.78, 5) is 26.5. The number of rotatable bonds is 10. The predicted octanol–water partition coefficient (Wildman–Crippen LogP) is 5.41. The van der Waals surface area contributed by atoms with Crippen LogP contribution in [0.1, 0.15) is 51.0 Å². The van der Waals surface area contributed by atoms with Crippen molar-refractivity contribution in [1.29, 1.82) is 0 Å². The Bertz CT molecular complexity index is 929. The van der Waals surface area contributed by atoms with Gasteiger partial charge in [-0.1, -0.05) is 44.8 Å². The Kier molecular flexibility index (Phi) is 8.62. The molecule has 0 bridgehead atoms. The van der Waals surface area contributed by atoms with Crippen LogP contribution < -0.4 is 4.74 Å². The average Bonchev–Trinajstić information content (AvgIpc) is 3.12. The Morgan fingerprint density at radius 1 is 1.19 bits per heavy atom. The SMILES string of the molecule is COc1cc([C@H](c2ccc(C)c(CO)c2)[C@@H](C)C(=O)OCC[Si](C)(C)C)sc1C(C)=O. The molecule has 7 heteroatoms. The van der Waals surface area contributed by atoms with Crippen molar-refractivity contribution in [3.05, 3.63) is 50.7 Å². The Balaban J connectivity index is 2.46. The molecule has 0 aliphatic rings. The highest BCUT2D eigenvalue weighted by atomic mass is 32.1. The van der Waals surface area contributed by atoms with Gasteiger partial charge in [-0.05, 0) is 35.7 Å². The van der Waals surface area contributed by atoms with Gasteiger partial charge < -0.3 is 14.6 Å². The Hall–Kier alpha value is -1.96. The molecule has 0 fully saturated rings. The minimum absolute atomic E-state index is 0.0721. The van der Waals surface area contributed by atoms with Crippen molar-refractivity contribution in [2.45, 2.75) is 59.0 Å².